The summed E-state index contributed by atoms with van der Waals surface area (Å²) >= 11 is 12.1. The minimum atomic E-state index is -0.112. The number of phenolic OH excluding ortho intramolecular Hbond substituents is 1. The summed E-state index contributed by atoms with van der Waals surface area (Å²) in [4.78, 5) is 6.87. The first-order valence-electron chi connectivity index (χ1n) is 11.1. The van der Waals surface area contributed by atoms with Crippen LogP contribution in [0.25, 0.3) is 5.69 Å². The predicted octanol–water partition coefficient (Wildman–Crippen LogP) is 6.02. The molecule has 172 valence electrons. The van der Waals surface area contributed by atoms with Gasteiger partial charge in [0.05, 0.1) is 23.5 Å². The smallest absolute Gasteiger partial charge is 0.170 e. The van der Waals surface area contributed by atoms with Crippen LogP contribution in [-0.4, -0.2) is 24.7 Å². The maximum atomic E-state index is 10.6. The summed E-state index contributed by atoms with van der Waals surface area (Å²) in [6.45, 7) is 4.78. The lowest BCUT2D eigenvalue weighted by Crippen LogP contribution is -2.29. The summed E-state index contributed by atoms with van der Waals surface area (Å²) in [5.74, 6) is 0.181. The van der Waals surface area contributed by atoms with Crippen molar-refractivity contribution in [2.24, 2.45) is 0 Å². The minimum absolute atomic E-state index is 0.0797. The maximum absolute atomic E-state index is 10.6. The molecule has 1 aliphatic rings. The van der Waals surface area contributed by atoms with E-state index in [2.05, 4.69) is 40.3 Å². The number of nitrogens with zero attached hydrogens (tertiary/aromatic N) is 3. The Morgan fingerprint density at radius 3 is 2.53 bits per heavy atom. The summed E-state index contributed by atoms with van der Waals surface area (Å²) in [6.07, 6.45) is 1.81. The number of halogens is 1. The lowest BCUT2D eigenvalue weighted by Gasteiger charge is -2.28. The molecule has 7 heteroatoms. The maximum Gasteiger partial charge on any atom is 0.170 e. The number of hydrogen-bond acceptors (Lipinski definition) is 3. The molecule has 2 aromatic heterocycles. The Labute approximate surface area is 209 Å². The highest BCUT2D eigenvalue weighted by Gasteiger charge is 2.41. The van der Waals surface area contributed by atoms with Crippen LogP contribution in [0.3, 0.4) is 0 Å². The largest absolute Gasteiger partial charge is 0.506 e. The fourth-order valence-corrected chi connectivity index (χ4v) is 5.30. The van der Waals surface area contributed by atoms with Gasteiger partial charge < -0.3 is 19.9 Å². The molecule has 5 nitrogen and oxygen atoms in total. The Balaban J connectivity index is 1.64. The van der Waals surface area contributed by atoms with Crippen LogP contribution in [0, 0.1) is 13.8 Å². The van der Waals surface area contributed by atoms with Crippen molar-refractivity contribution in [3.05, 3.63) is 112 Å². The number of aromatic nitrogens is 2. The molecule has 0 saturated carbocycles. The normalized spacial score (nSPS) is 17.7. The Bertz CT molecular complexity index is 1340. The molecule has 2 N–H and O–H groups in total. The Hall–Kier alpha value is -3.35. The number of pyridine rings is 1. The second-order valence-corrected chi connectivity index (χ2v) is 9.36. The summed E-state index contributed by atoms with van der Waals surface area (Å²) < 4.78 is 2.05. The highest BCUT2D eigenvalue weighted by molar-refractivity contribution is 7.80. The van der Waals surface area contributed by atoms with Crippen LogP contribution in [0.5, 0.6) is 5.75 Å². The van der Waals surface area contributed by atoms with Crippen molar-refractivity contribution in [1.29, 1.82) is 0 Å². The third-order valence-electron chi connectivity index (χ3n) is 6.36. The number of phenols is 1. The van der Waals surface area contributed by atoms with Gasteiger partial charge in [-0.25, -0.2) is 0 Å². The van der Waals surface area contributed by atoms with E-state index < -0.39 is 0 Å². The van der Waals surface area contributed by atoms with E-state index in [-0.39, 0.29) is 17.8 Å². The van der Waals surface area contributed by atoms with E-state index in [1.807, 2.05) is 54.1 Å². The molecule has 1 fully saturated rings. The van der Waals surface area contributed by atoms with Gasteiger partial charge in [-0.3, -0.25) is 4.98 Å². The van der Waals surface area contributed by atoms with Gasteiger partial charge in [0.25, 0.3) is 0 Å². The fourth-order valence-electron chi connectivity index (χ4n) is 4.83. The average molecular weight is 489 g/mol. The molecular weight excluding hydrogens is 464 g/mol. The summed E-state index contributed by atoms with van der Waals surface area (Å²) in [7, 11) is 0. The quantitative estimate of drug-likeness (QED) is 0.336. The number of hydrogen-bond donors (Lipinski definition) is 2. The van der Waals surface area contributed by atoms with E-state index in [0.717, 1.165) is 22.6 Å². The van der Waals surface area contributed by atoms with Gasteiger partial charge in [0.15, 0.2) is 5.11 Å². The lowest BCUT2D eigenvalue weighted by molar-refractivity contribution is 0.310. The van der Waals surface area contributed by atoms with Gasteiger partial charge in [-0.2, -0.15) is 0 Å². The number of nitrogens with one attached hydrogen (secondary N) is 1. The summed E-state index contributed by atoms with van der Waals surface area (Å²) in [6, 6.07) is 23.4. The lowest BCUT2D eigenvalue weighted by atomic mass is 9.96. The molecule has 34 heavy (non-hydrogen) atoms. The highest BCUT2D eigenvalue weighted by Crippen LogP contribution is 2.42. The van der Waals surface area contributed by atoms with E-state index in [1.165, 1.54) is 5.56 Å². The summed E-state index contributed by atoms with van der Waals surface area (Å²) in [5.41, 5.74) is 5.91. The molecule has 0 amide bonds. The zero-order chi connectivity index (χ0) is 23.8. The molecule has 1 aliphatic heterocycles. The average Bonchev–Trinajstić information content (AvgIpc) is 3.31. The fraction of sp³-hybridized carbons (Fsp3) is 0.185. The Morgan fingerprint density at radius 2 is 1.79 bits per heavy atom. The van der Waals surface area contributed by atoms with E-state index in [4.69, 9.17) is 23.8 Å². The Morgan fingerprint density at radius 1 is 1.03 bits per heavy atom. The number of aromatic hydroxyl groups is 1. The number of thiocarbonyl (C=S) groups is 1. The van der Waals surface area contributed by atoms with Gasteiger partial charge in [0.2, 0.25) is 0 Å². The van der Waals surface area contributed by atoms with E-state index in [0.29, 0.717) is 22.4 Å². The standard InChI is InChI=1S/C27H25ClN4OS/c1-17-14-21(18(2)32(17)23-15-20(28)11-12-24(23)33)26-25(22-10-6-7-13-29-22)30-27(34)31(26)16-19-8-4-3-5-9-19/h3-15,25-26,33H,16H2,1-2H3,(H,30,34)/t25-,26-/m0/s1. The molecule has 1 saturated heterocycles. The number of benzene rings is 2. The van der Waals surface area contributed by atoms with Crippen molar-refractivity contribution >= 4 is 28.9 Å². The van der Waals surface area contributed by atoms with Crippen molar-refractivity contribution in [2.75, 3.05) is 0 Å². The molecule has 3 heterocycles. The van der Waals surface area contributed by atoms with Gasteiger partial charge in [0.1, 0.15) is 5.75 Å². The molecule has 0 bridgehead atoms. The number of aryl methyl sites for hydroxylation is 1. The van der Waals surface area contributed by atoms with Crippen molar-refractivity contribution in [3.63, 3.8) is 0 Å². The van der Waals surface area contributed by atoms with Gasteiger partial charge in [-0.15, -0.1) is 0 Å². The Kier molecular flexibility index (Phi) is 6.02. The van der Waals surface area contributed by atoms with Crippen LogP contribution in [0.4, 0.5) is 0 Å². The predicted molar refractivity (Wildman–Crippen MR) is 139 cm³/mol. The first-order chi connectivity index (χ1) is 16.4. The van der Waals surface area contributed by atoms with Crippen molar-refractivity contribution in [2.45, 2.75) is 32.5 Å². The summed E-state index contributed by atoms with van der Waals surface area (Å²) in [5, 5.41) is 15.4. The monoisotopic (exact) mass is 488 g/mol. The van der Waals surface area contributed by atoms with Crippen LogP contribution in [0.2, 0.25) is 5.02 Å². The van der Waals surface area contributed by atoms with Crippen molar-refractivity contribution in [3.8, 4) is 11.4 Å². The van der Waals surface area contributed by atoms with Crippen LogP contribution < -0.4 is 5.32 Å². The molecule has 0 spiro atoms. The molecular formula is C27H25ClN4OS. The SMILES string of the molecule is Cc1cc([C@H]2[C@H](c3ccccn3)NC(=S)N2Cc2ccccc2)c(C)n1-c1cc(Cl)ccc1O. The van der Waals surface area contributed by atoms with Crippen molar-refractivity contribution in [1.82, 2.24) is 19.8 Å². The van der Waals surface area contributed by atoms with Gasteiger partial charge in [-0.1, -0.05) is 48.0 Å². The highest BCUT2D eigenvalue weighted by atomic mass is 35.5. The van der Waals surface area contributed by atoms with E-state index >= 15 is 0 Å². The molecule has 0 radical (unpaired) electrons. The minimum Gasteiger partial charge on any atom is -0.506 e. The molecule has 0 unspecified atom stereocenters. The first-order valence-corrected chi connectivity index (χ1v) is 11.9. The van der Waals surface area contributed by atoms with E-state index in [1.54, 1.807) is 18.2 Å². The topological polar surface area (TPSA) is 53.3 Å². The van der Waals surface area contributed by atoms with Crippen molar-refractivity contribution < 1.29 is 5.11 Å². The molecule has 4 aromatic rings. The van der Waals surface area contributed by atoms with Crippen LogP contribution in [0.15, 0.2) is 79.0 Å². The third-order valence-corrected chi connectivity index (χ3v) is 6.95. The van der Waals surface area contributed by atoms with Crippen LogP contribution in [0.1, 0.15) is 40.3 Å². The zero-order valence-electron chi connectivity index (χ0n) is 18.9. The van der Waals surface area contributed by atoms with Gasteiger partial charge in [0, 0.05) is 29.2 Å². The van der Waals surface area contributed by atoms with Crippen LogP contribution in [-0.2, 0) is 6.54 Å². The van der Waals surface area contributed by atoms with Gasteiger partial charge >= 0.3 is 0 Å². The zero-order valence-corrected chi connectivity index (χ0v) is 20.5. The third kappa shape index (κ3) is 4.04. The second-order valence-electron chi connectivity index (χ2n) is 8.54. The second kappa shape index (κ2) is 9.12. The van der Waals surface area contributed by atoms with Gasteiger partial charge in [-0.05, 0) is 73.6 Å². The molecule has 5 rings (SSSR count). The van der Waals surface area contributed by atoms with Crippen LogP contribution >= 0.6 is 23.8 Å². The molecule has 0 aliphatic carbocycles. The number of rotatable bonds is 5. The van der Waals surface area contributed by atoms with E-state index in [9.17, 15) is 5.11 Å². The molecule has 2 atom stereocenters. The first kappa shape index (κ1) is 22.4. The molecule has 2 aromatic carbocycles.